The molecule has 3 aromatic carbocycles. The quantitative estimate of drug-likeness (QED) is 0.399. The highest BCUT2D eigenvalue weighted by Crippen LogP contribution is 2.39. The van der Waals surface area contributed by atoms with Crippen LogP contribution in [-0.4, -0.2) is 16.2 Å². The Labute approximate surface area is 196 Å². The second-order valence-corrected chi connectivity index (χ2v) is 8.40. The van der Waals surface area contributed by atoms with E-state index in [0.717, 1.165) is 22.4 Å². The van der Waals surface area contributed by atoms with E-state index in [1.165, 1.54) is 12.1 Å². The van der Waals surface area contributed by atoms with Gasteiger partial charge in [0.1, 0.15) is 5.82 Å². The van der Waals surface area contributed by atoms with Crippen molar-refractivity contribution in [2.75, 3.05) is 4.90 Å². The van der Waals surface area contributed by atoms with Gasteiger partial charge in [-0.1, -0.05) is 64.8 Å². The number of nitrogens with one attached hydrogen (secondary N) is 1. The zero-order valence-electron chi connectivity index (χ0n) is 19.0. The van der Waals surface area contributed by atoms with Gasteiger partial charge in [0.05, 0.1) is 17.3 Å². The van der Waals surface area contributed by atoms with Gasteiger partial charge in [-0.25, -0.2) is 9.18 Å². The van der Waals surface area contributed by atoms with E-state index >= 15 is 0 Å². The molecule has 170 valence electrons. The van der Waals surface area contributed by atoms with Gasteiger partial charge in [0.15, 0.2) is 0 Å². The van der Waals surface area contributed by atoms with Crippen LogP contribution in [0.2, 0.25) is 0 Å². The fourth-order valence-corrected chi connectivity index (χ4v) is 4.11. The molecule has 1 N–H and O–H groups in total. The van der Waals surface area contributed by atoms with Crippen molar-refractivity contribution in [1.82, 2.24) is 15.5 Å². The molecule has 0 saturated heterocycles. The number of anilines is 1. The van der Waals surface area contributed by atoms with Crippen molar-refractivity contribution in [3.63, 3.8) is 0 Å². The smallest absolute Gasteiger partial charge is 0.326 e. The van der Waals surface area contributed by atoms with E-state index in [0.29, 0.717) is 16.8 Å². The van der Waals surface area contributed by atoms with Crippen molar-refractivity contribution < 1.29 is 13.7 Å². The highest BCUT2D eigenvalue weighted by Gasteiger charge is 2.36. The summed E-state index contributed by atoms with van der Waals surface area (Å²) in [5, 5.41) is 7.18. The van der Waals surface area contributed by atoms with E-state index in [-0.39, 0.29) is 23.6 Å². The molecule has 1 atom stereocenters. The molecular formula is C27H23FN4O2. The molecule has 2 heterocycles. The van der Waals surface area contributed by atoms with Crippen LogP contribution in [0.5, 0.6) is 0 Å². The first-order valence-electron chi connectivity index (χ1n) is 11.0. The Bertz CT molecular complexity index is 1390. The lowest BCUT2D eigenvalue weighted by Gasteiger charge is -2.35. The van der Waals surface area contributed by atoms with Gasteiger partial charge in [0.25, 0.3) is 5.89 Å². The average molecular weight is 455 g/mol. The van der Waals surface area contributed by atoms with E-state index in [9.17, 15) is 9.18 Å². The number of benzene rings is 3. The standard InChI is InChI=1S/C27H23FN4O2/c1-16-7-11-19(12-8-16)24-23(26-30-25(31-34-26)20-5-4-6-21(28)15-20)18(3)32(27(33)29-24)22-13-9-17(2)10-14-22/h4-15,24H,1-3H3,(H,29,33). The van der Waals surface area contributed by atoms with Crippen LogP contribution in [0.15, 0.2) is 83.0 Å². The average Bonchev–Trinajstić information content (AvgIpc) is 3.30. The molecule has 1 aliphatic heterocycles. The lowest BCUT2D eigenvalue weighted by Crippen LogP contribution is -2.46. The van der Waals surface area contributed by atoms with Crippen LogP contribution in [0.3, 0.4) is 0 Å². The van der Waals surface area contributed by atoms with Crippen LogP contribution in [0.1, 0.15) is 35.5 Å². The number of hydrogen-bond acceptors (Lipinski definition) is 4. The molecule has 0 spiro atoms. The second-order valence-electron chi connectivity index (χ2n) is 8.40. The van der Waals surface area contributed by atoms with E-state index in [1.54, 1.807) is 17.0 Å². The summed E-state index contributed by atoms with van der Waals surface area (Å²) in [6, 6.07) is 20.9. The summed E-state index contributed by atoms with van der Waals surface area (Å²) >= 11 is 0. The van der Waals surface area contributed by atoms with E-state index < -0.39 is 6.04 Å². The third-order valence-electron chi connectivity index (χ3n) is 5.93. The Balaban J connectivity index is 1.65. The summed E-state index contributed by atoms with van der Waals surface area (Å²) in [6.07, 6.45) is 0. The minimum atomic E-state index is -0.490. The van der Waals surface area contributed by atoms with Gasteiger partial charge in [0.2, 0.25) is 5.82 Å². The Kier molecular flexibility index (Phi) is 5.45. The SMILES string of the molecule is CC1=C(c2nc(-c3cccc(F)c3)no2)C(c2ccc(C)cc2)NC(=O)N1c1ccc(C)cc1. The third kappa shape index (κ3) is 3.96. The van der Waals surface area contributed by atoms with E-state index in [4.69, 9.17) is 4.52 Å². The summed E-state index contributed by atoms with van der Waals surface area (Å²) in [5.74, 6) is 0.156. The number of allylic oxidation sites excluding steroid dienone is 1. The Morgan fingerprint density at radius 2 is 1.62 bits per heavy atom. The molecule has 0 bridgehead atoms. The predicted molar refractivity (Wildman–Crippen MR) is 128 cm³/mol. The lowest BCUT2D eigenvalue weighted by molar-refractivity contribution is 0.244. The Morgan fingerprint density at radius 3 is 2.29 bits per heavy atom. The minimum Gasteiger partial charge on any atom is -0.334 e. The van der Waals surface area contributed by atoms with Crippen LogP contribution in [0, 0.1) is 19.7 Å². The zero-order valence-corrected chi connectivity index (χ0v) is 19.0. The van der Waals surface area contributed by atoms with Crippen LogP contribution in [0.4, 0.5) is 14.9 Å². The summed E-state index contributed by atoms with van der Waals surface area (Å²) in [7, 11) is 0. The molecular weight excluding hydrogens is 431 g/mol. The highest BCUT2D eigenvalue weighted by atomic mass is 19.1. The largest absolute Gasteiger partial charge is 0.334 e. The summed E-state index contributed by atoms with van der Waals surface area (Å²) in [6.45, 7) is 5.86. The number of halogens is 1. The number of aromatic nitrogens is 2. The van der Waals surface area contributed by atoms with Crippen molar-refractivity contribution in [2.45, 2.75) is 26.8 Å². The molecule has 1 unspecified atom stereocenters. The molecule has 0 saturated carbocycles. The maximum absolute atomic E-state index is 13.8. The molecule has 6 nitrogen and oxygen atoms in total. The first kappa shape index (κ1) is 21.6. The van der Waals surface area contributed by atoms with Crippen molar-refractivity contribution >= 4 is 17.3 Å². The molecule has 0 radical (unpaired) electrons. The van der Waals surface area contributed by atoms with Crippen LogP contribution in [0.25, 0.3) is 17.0 Å². The molecule has 4 aromatic rings. The van der Waals surface area contributed by atoms with Crippen molar-refractivity contribution in [3.05, 3.63) is 107 Å². The predicted octanol–water partition coefficient (Wildman–Crippen LogP) is 6.19. The van der Waals surface area contributed by atoms with Gasteiger partial charge in [0, 0.05) is 11.3 Å². The number of aryl methyl sites for hydroxylation is 2. The third-order valence-corrected chi connectivity index (χ3v) is 5.93. The number of rotatable bonds is 4. The topological polar surface area (TPSA) is 71.3 Å². The van der Waals surface area contributed by atoms with Crippen molar-refractivity contribution in [1.29, 1.82) is 0 Å². The Hall–Kier alpha value is -4.26. The van der Waals surface area contributed by atoms with Gasteiger partial charge in [-0.2, -0.15) is 4.98 Å². The zero-order chi connectivity index (χ0) is 23.8. The van der Waals surface area contributed by atoms with E-state index in [1.807, 2.05) is 69.3 Å². The van der Waals surface area contributed by atoms with Gasteiger partial charge in [-0.15, -0.1) is 0 Å². The maximum atomic E-state index is 13.8. The summed E-state index contributed by atoms with van der Waals surface area (Å²) in [4.78, 5) is 19.4. The monoisotopic (exact) mass is 454 g/mol. The van der Waals surface area contributed by atoms with Crippen LogP contribution >= 0.6 is 0 Å². The molecule has 1 aliphatic rings. The number of hydrogen-bond donors (Lipinski definition) is 1. The second kappa shape index (κ2) is 8.59. The minimum absolute atomic E-state index is 0.249. The molecule has 1 aromatic heterocycles. The van der Waals surface area contributed by atoms with Gasteiger partial charge in [-0.3, -0.25) is 4.90 Å². The number of carbonyl (C=O) groups is 1. The fraction of sp³-hybridized carbons (Fsp3) is 0.148. The summed E-state index contributed by atoms with van der Waals surface area (Å²) < 4.78 is 19.4. The van der Waals surface area contributed by atoms with Crippen LogP contribution < -0.4 is 10.2 Å². The van der Waals surface area contributed by atoms with Crippen molar-refractivity contribution in [2.24, 2.45) is 0 Å². The molecule has 5 rings (SSSR count). The van der Waals surface area contributed by atoms with Gasteiger partial charge in [-0.05, 0) is 50.6 Å². The first-order chi connectivity index (χ1) is 16.4. The number of amides is 2. The Morgan fingerprint density at radius 1 is 0.941 bits per heavy atom. The number of carbonyl (C=O) groups excluding carboxylic acids is 1. The fourth-order valence-electron chi connectivity index (χ4n) is 4.11. The molecule has 2 amide bonds. The maximum Gasteiger partial charge on any atom is 0.326 e. The van der Waals surface area contributed by atoms with E-state index in [2.05, 4.69) is 15.5 Å². The highest BCUT2D eigenvalue weighted by molar-refractivity contribution is 6.01. The molecule has 34 heavy (non-hydrogen) atoms. The first-order valence-corrected chi connectivity index (χ1v) is 11.0. The van der Waals surface area contributed by atoms with Gasteiger partial charge < -0.3 is 9.84 Å². The molecule has 7 heteroatoms. The normalized spacial score (nSPS) is 16.1. The van der Waals surface area contributed by atoms with Crippen LogP contribution in [-0.2, 0) is 0 Å². The summed E-state index contributed by atoms with van der Waals surface area (Å²) in [5.41, 5.74) is 5.69. The molecule has 0 fully saturated rings. The number of urea groups is 1. The number of nitrogens with zero attached hydrogens (tertiary/aromatic N) is 3. The molecule has 0 aliphatic carbocycles. The lowest BCUT2D eigenvalue weighted by atomic mass is 9.94. The van der Waals surface area contributed by atoms with Gasteiger partial charge >= 0.3 is 6.03 Å². The van der Waals surface area contributed by atoms with Crippen molar-refractivity contribution in [3.8, 4) is 11.4 Å².